The molecular weight excluding hydrogens is 256 g/mol. The molecule has 1 aromatic heterocycles. The molecule has 1 aliphatic heterocycles. The van der Waals surface area contributed by atoms with E-state index >= 15 is 0 Å². The minimum absolute atomic E-state index is 0.208. The Balaban J connectivity index is 1.97. The second-order valence-corrected chi connectivity index (χ2v) is 4.88. The van der Waals surface area contributed by atoms with Crippen LogP contribution in [0.25, 0.3) is 11.3 Å². The molecule has 1 aliphatic rings. The van der Waals surface area contributed by atoms with Gasteiger partial charge in [0.15, 0.2) is 0 Å². The number of hydrogen-bond acceptors (Lipinski definition) is 5. The van der Waals surface area contributed by atoms with E-state index in [0.29, 0.717) is 17.1 Å². The lowest BCUT2D eigenvalue weighted by molar-refractivity contribution is 0.122. The highest BCUT2D eigenvalue weighted by molar-refractivity contribution is 5.73. The lowest BCUT2D eigenvalue weighted by atomic mass is 10.1. The highest BCUT2D eigenvalue weighted by Crippen LogP contribution is 2.33. The van der Waals surface area contributed by atoms with Gasteiger partial charge in [0.05, 0.1) is 18.9 Å². The average Bonchev–Trinajstić information content (AvgIpc) is 2.80. The molecule has 0 radical (unpaired) electrons. The smallest absolute Gasteiger partial charge is 0.125 e. The standard InChI is InChI=1S/C14H18N4O2/c1-17-14(15)9-12(16-17)11-8-10(2-3-13(11)19)18-4-6-20-7-5-18/h2-3,8-9,19H,4-7,15H2,1H3. The Bertz CT molecular complexity index is 598. The minimum Gasteiger partial charge on any atom is -0.507 e. The molecule has 2 heterocycles. The van der Waals surface area contributed by atoms with Crippen molar-refractivity contribution < 1.29 is 9.84 Å². The number of ether oxygens (including phenoxy) is 1. The number of hydrogen-bond donors (Lipinski definition) is 2. The molecule has 0 bridgehead atoms. The predicted molar refractivity (Wildman–Crippen MR) is 77.8 cm³/mol. The largest absolute Gasteiger partial charge is 0.507 e. The van der Waals surface area contributed by atoms with Crippen LogP contribution in [0.4, 0.5) is 11.5 Å². The van der Waals surface area contributed by atoms with Crippen molar-refractivity contribution in [1.29, 1.82) is 0 Å². The van der Waals surface area contributed by atoms with E-state index in [4.69, 9.17) is 10.5 Å². The van der Waals surface area contributed by atoms with Gasteiger partial charge in [0, 0.05) is 37.5 Å². The fourth-order valence-corrected chi connectivity index (χ4v) is 2.36. The van der Waals surface area contributed by atoms with Crippen molar-refractivity contribution in [1.82, 2.24) is 9.78 Å². The number of rotatable bonds is 2. The van der Waals surface area contributed by atoms with E-state index in [1.54, 1.807) is 23.9 Å². The van der Waals surface area contributed by atoms with E-state index in [1.807, 2.05) is 12.1 Å². The normalized spacial score (nSPS) is 15.6. The van der Waals surface area contributed by atoms with Crippen molar-refractivity contribution in [2.24, 2.45) is 7.05 Å². The van der Waals surface area contributed by atoms with Crippen LogP contribution in [0, 0.1) is 0 Å². The zero-order valence-corrected chi connectivity index (χ0v) is 11.4. The van der Waals surface area contributed by atoms with E-state index in [0.717, 1.165) is 32.0 Å². The summed E-state index contributed by atoms with van der Waals surface area (Å²) in [6, 6.07) is 7.32. The van der Waals surface area contributed by atoms with Gasteiger partial charge >= 0.3 is 0 Å². The summed E-state index contributed by atoms with van der Waals surface area (Å²) in [6.45, 7) is 3.17. The molecule has 0 atom stereocenters. The molecule has 0 spiro atoms. The van der Waals surface area contributed by atoms with E-state index in [-0.39, 0.29) is 5.75 Å². The molecule has 2 aromatic rings. The third kappa shape index (κ3) is 2.30. The summed E-state index contributed by atoms with van der Waals surface area (Å²) >= 11 is 0. The Kier molecular flexibility index (Phi) is 3.23. The third-order valence-corrected chi connectivity index (χ3v) is 3.55. The molecule has 0 amide bonds. The molecular formula is C14H18N4O2. The number of phenols is 1. The van der Waals surface area contributed by atoms with Crippen LogP contribution in [0.3, 0.4) is 0 Å². The summed E-state index contributed by atoms with van der Waals surface area (Å²) in [5.74, 6) is 0.774. The molecule has 106 valence electrons. The Morgan fingerprint density at radius 3 is 2.65 bits per heavy atom. The first-order valence-electron chi connectivity index (χ1n) is 6.61. The summed E-state index contributed by atoms with van der Waals surface area (Å²) in [7, 11) is 1.78. The molecule has 0 saturated carbocycles. The highest BCUT2D eigenvalue weighted by atomic mass is 16.5. The topological polar surface area (TPSA) is 76.5 Å². The second-order valence-electron chi connectivity index (χ2n) is 4.88. The number of nitrogens with two attached hydrogens (primary N) is 1. The summed E-state index contributed by atoms with van der Waals surface area (Å²) in [6.07, 6.45) is 0. The number of aryl methyl sites for hydroxylation is 1. The van der Waals surface area contributed by atoms with E-state index in [2.05, 4.69) is 10.00 Å². The van der Waals surface area contributed by atoms with Crippen LogP contribution in [0.15, 0.2) is 24.3 Å². The summed E-state index contributed by atoms with van der Waals surface area (Å²) < 4.78 is 6.95. The molecule has 1 aromatic carbocycles. The summed E-state index contributed by atoms with van der Waals surface area (Å²) in [5, 5.41) is 14.4. The predicted octanol–water partition coefficient (Wildman–Crippen LogP) is 1.21. The van der Waals surface area contributed by atoms with Gasteiger partial charge in [0.25, 0.3) is 0 Å². The summed E-state index contributed by atoms with van der Waals surface area (Å²) in [5.41, 5.74) is 8.24. The first-order valence-corrected chi connectivity index (χ1v) is 6.61. The van der Waals surface area contributed by atoms with Gasteiger partial charge in [-0.3, -0.25) is 4.68 Å². The maximum Gasteiger partial charge on any atom is 0.125 e. The third-order valence-electron chi connectivity index (χ3n) is 3.55. The first-order chi connectivity index (χ1) is 9.65. The van der Waals surface area contributed by atoms with Crippen molar-refractivity contribution in [3.63, 3.8) is 0 Å². The molecule has 6 heteroatoms. The number of nitrogens with zero attached hydrogens (tertiary/aromatic N) is 3. The van der Waals surface area contributed by atoms with Crippen LogP contribution in [0.2, 0.25) is 0 Å². The SMILES string of the molecule is Cn1nc(-c2cc(N3CCOCC3)ccc2O)cc1N. The maximum absolute atomic E-state index is 10.1. The van der Waals surface area contributed by atoms with Crippen molar-refractivity contribution in [3.8, 4) is 17.0 Å². The fourth-order valence-electron chi connectivity index (χ4n) is 2.36. The second kappa shape index (κ2) is 5.05. The number of phenolic OH excluding ortho intramolecular Hbond substituents is 1. The van der Waals surface area contributed by atoms with Crippen molar-refractivity contribution in [3.05, 3.63) is 24.3 Å². The van der Waals surface area contributed by atoms with Gasteiger partial charge in [0.2, 0.25) is 0 Å². The van der Waals surface area contributed by atoms with Gasteiger partial charge in [-0.25, -0.2) is 0 Å². The Labute approximate surface area is 117 Å². The zero-order chi connectivity index (χ0) is 14.1. The fraction of sp³-hybridized carbons (Fsp3) is 0.357. The lowest BCUT2D eigenvalue weighted by Crippen LogP contribution is -2.36. The molecule has 3 rings (SSSR count). The van der Waals surface area contributed by atoms with Crippen molar-refractivity contribution in [2.45, 2.75) is 0 Å². The number of aromatic hydroxyl groups is 1. The van der Waals surface area contributed by atoms with Gasteiger partial charge in [-0.05, 0) is 18.2 Å². The number of nitrogen functional groups attached to an aromatic ring is 1. The Hall–Kier alpha value is -2.21. The Morgan fingerprint density at radius 1 is 1.25 bits per heavy atom. The van der Waals surface area contributed by atoms with Gasteiger partial charge in [-0.2, -0.15) is 5.10 Å². The van der Waals surface area contributed by atoms with Gasteiger partial charge in [-0.15, -0.1) is 0 Å². The number of benzene rings is 1. The molecule has 0 aliphatic carbocycles. The molecule has 1 fully saturated rings. The molecule has 0 unspecified atom stereocenters. The average molecular weight is 274 g/mol. The highest BCUT2D eigenvalue weighted by Gasteiger charge is 2.15. The van der Waals surface area contributed by atoms with Gasteiger partial charge in [-0.1, -0.05) is 0 Å². The molecule has 3 N–H and O–H groups in total. The zero-order valence-electron chi connectivity index (χ0n) is 11.4. The maximum atomic E-state index is 10.1. The summed E-state index contributed by atoms with van der Waals surface area (Å²) in [4.78, 5) is 2.23. The van der Waals surface area contributed by atoms with Gasteiger partial charge in [0.1, 0.15) is 11.6 Å². The quantitative estimate of drug-likeness (QED) is 0.861. The van der Waals surface area contributed by atoms with Crippen LogP contribution in [-0.2, 0) is 11.8 Å². The van der Waals surface area contributed by atoms with Crippen LogP contribution in [-0.4, -0.2) is 41.2 Å². The van der Waals surface area contributed by atoms with Crippen molar-refractivity contribution in [2.75, 3.05) is 36.9 Å². The number of anilines is 2. The van der Waals surface area contributed by atoms with Crippen LogP contribution in [0.1, 0.15) is 0 Å². The molecule has 1 saturated heterocycles. The number of aromatic nitrogens is 2. The van der Waals surface area contributed by atoms with Crippen LogP contribution in [0.5, 0.6) is 5.75 Å². The van der Waals surface area contributed by atoms with Crippen LogP contribution < -0.4 is 10.6 Å². The first kappa shape index (κ1) is 12.8. The number of morpholine rings is 1. The Morgan fingerprint density at radius 2 is 2.00 bits per heavy atom. The lowest BCUT2D eigenvalue weighted by Gasteiger charge is -2.29. The van der Waals surface area contributed by atoms with E-state index < -0.39 is 0 Å². The minimum atomic E-state index is 0.208. The monoisotopic (exact) mass is 274 g/mol. The van der Waals surface area contributed by atoms with Crippen LogP contribution >= 0.6 is 0 Å². The molecule has 6 nitrogen and oxygen atoms in total. The van der Waals surface area contributed by atoms with E-state index in [1.165, 1.54) is 0 Å². The van der Waals surface area contributed by atoms with E-state index in [9.17, 15) is 5.11 Å². The van der Waals surface area contributed by atoms with Gasteiger partial charge < -0.3 is 20.5 Å². The molecule has 20 heavy (non-hydrogen) atoms. The van der Waals surface area contributed by atoms with Crippen molar-refractivity contribution >= 4 is 11.5 Å².